The lowest BCUT2D eigenvalue weighted by Crippen LogP contribution is -2.04. The molecule has 0 aliphatic heterocycles. The summed E-state index contributed by atoms with van der Waals surface area (Å²) in [6.07, 6.45) is 0. The first-order chi connectivity index (χ1) is 5.59. The van der Waals surface area contributed by atoms with Gasteiger partial charge in [-0.2, -0.15) is 0 Å². The van der Waals surface area contributed by atoms with Crippen LogP contribution >= 0.6 is 9.24 Å². The SMILES string of the molecule is C=C(C)Nc1cc(C)ccc1P. The highest BCUT2D eigenvalue weighted by Gasteiger charge is 1.96. The summed E-state index contributed by atoms with van der Waals surface area (Å²) in [5, 5.41) is 4.37. The van der Waals surface area contributed by atoms with Crippen molar-refractivity contribution >= 4 is 20.2 Å². The van der Waals surface area contributed by atoms with E-state index in [1.54, 1.807) is 0 Å². The van der Waals surface area contributed by atoms with Crippen LogP contribution in [0.1, 0.15) is 12.5 Å². The van der Waals surface area contributed by atoms with Gasteiger partial charge < -0.3 is 5.32 Å². The molecule has 0 heterocycles. The van der Waals surface area contributed by atoms with Crippen LogP contribution < -0.4 is 10.6 Å². The van der Waals surface area contributed by atoms with E-state index >= 15 is 0 Å². The molecule has 0 aliphatic carbocycles. The van der Waals surface area contributed by atoms with Crippen LogP contribution in [0.5, 0.6) is 0 Å². The number of aryl methyl sites for hydroxylation is 1. The molecule has 0 bridgehead atoms. The van der Waals surface area contributed by atoms with Gasteiger partial charge in [0.15, 0.2) is 0 Å². The zero-order valence-corrected chi connectivity index (χ0v) is 8.67. The summed E-state index contributed by atoms with van der Waals surface area (Å²) < 4.78 is 0. The van der Waals surface area contributed by atoms with E-state index in [1.165, 1.54) is 10.9 Å². The zero-order valence-electron chi connectivity index (χ0n) is 7.52. The van der Waals surface area contributed by atoms with Gasteiger partial charge in [-0.1, -0.05) is 18.7 Å². The van der Waals surface area contributed by atoms with Crippen molar-refractivity contribution in [3.8, 4) is 0 Å². The van der Waals surface area contributed by atoms with Gasteiger partial charge in [0.1, 0.15) is 0 Å². The normalized spacial score (nSPS) is 9.58. The second-order valence-electron chi connectivity index (χ2n) is 3.00. The maximum absolute atomic E-state index is 3.80. The van der Waals surface area contributed by atoms with E-state index in [0.29, 0.717) is 0 Å². The molecular weight excluding hydrogens is 165 g/mol. The van der Waals surface area contributed by atoms with Crippen molar-refractivity contribution in [1.82, 2.24) is 0 Å². The zero-order chi connectivity index (χ0) is 9.14. The molecule has 1 unspecified atom stereocenters. The lowest BCUT2D eigenvalue weighted by atomic mass is 10.2. The molecule has 0 spiro atoms. The summed E-state index contributed by atoms with van der Waals surface area (Å²) in [5.41, 5.74) is 3.33. The summed E-state index contributed by atoms with van der Waals surface area (Å²) in [6.45, 7) is 7.83. The summed E-state index contributed by atoms with van der Waals surface area (Å²) >= 11 is 0. The van der Waals surface area contributed by atoms with Gasteiger partial charge in [0.2, 0.25) is 0 Å². The van der Waals surface area contributed by atoms with Crippen LogP contribution in [0.3, 0.4) is 0 Å². The first-order valence-electron chi connectivity index (χ1n) is 3.88. The highest BCUT2D eigenvalue weighted by molar-refractivity contribution is 7.28. The van der Waals surface area contributed by atoms with Crippen molar-refractivity contribution in [3.05, 3.63) is 36.0 Å². The van der Waals surface area contributed by atoms with Crippen molar-refractivity contribution in [3.63, 3.8) is 0 Å². The molecule has 0 fully saturated rings. The number of benzene rings is 1. The number of allylic oxidation sites excluding steroid dienone is 1. The third-order valence-electron chi connectivity index (χ3n) is 1.56. The minimum atomic E-state index is 0.962. The van der Waals surface area contributed by atoms with Gasteiger partial charge in [0.25, 0.3) is 0 Å². The Morgan fingerprint density at radius 3 is 2.75 bits per heavy atom. The fraction of sp³-hybridized carbons (Fsp3) is 0.200. The molecule has 1 aromatic carbocycles. The van der Waals surface area contributed by atoms with Crippen LogP contribution in [0.15, 0.2) is 30.5 Å². The van der Waals surface area contributed by atoms with Gasteiger partial charge in [-0.05, 0) is 30.8 Å². The highest BCUT2D eigenvalue weighted by atomic mass is 31.0. The third-order valence-corrected chi connectivity index (χ3v) is 2.06. The lowest BCUT2D eigenvalue weighted by Gasteiger charge is -2.08. The molecule has 0 aromatic heterocycles. The van der Waals surface area contributed by atoms with Gasteiger partial charge in [0.05, 0.1) is 0 Å². The Labute approximate surface area is 76.1 Å². The van der Waals surface area contributed by atoms with Crippen LogP contribution in [-0.4, -0.2) is 0 Å². The predicted molar refractivity (Wildman–Crippen MR) is 59.0 cm³/mol. The second kappa shape index (κ2) is 3.73. The van der Waals surface area contributed by atoms with Crippen LogP contribution in [0.2, 0.25) is 0 Å². The average molecular weight is 179 g/mol. The Hall–Kier alpha value is -0.810. The number of anilines is 1. The van der Waals surface area contributed by atoms with Gasteiger partial charge in [-0.3, -0.25) is 0 Å². The van der Waals surface area contributed by atoms with Crippen molar-refractivity contribution in [2.75, 3.05) is 5.32 Å². The fourth-order valence-corrected chi connectivity index (χ4v) is 1.26. The Bertz CT molecular complexity index is 305. The molecule has 0 amide bonds. The molecule has 0 saturated carbocycles. The average Bonchev–Trinajstić information content (AvgIpc) is 1.96. The maximum Gasteiger partial charge on any atom is 0.0456 e. The first kappa shape index (κ1) is 9.28. The van der Waals surface area contributed by atoms with Crippen molar-refractivity contribution in [2.45, 2.75) is 13.8 Å². The van der Waals surface area contributed by atoms with E-state index in [2.05, 4.69) is 46.3 Å². The van der Waals surface area contributed by atoms with Crippen LogP contribution in [0.4, 0.5) is 5.69 Å². The standard InChI is InChI=1S/C10H14NP/c1-7(2)11-9-6-8(3)4-5-10(9)12/h4-6,11H,1,12H2,2-3H3. The molecular formula is C10H14NP. The van der Waals surface area contributed by atoms with Crippen LogP contribution in [-0.2, 0) is 0 Å². The van der Waals surface area contributed by atoms with Crippen molar-refractivity contribution < 1.29 is 0 Å². The monoisotopic (exact) mass is 179 g/mol. The molecule has 1 nitrogen and oxygen atoms in total. The first-order valence-corrected chi connectivity index (χ1v) is 4.46. The molecule has 0 saturated heterocycles. The van der Waals surface area contributed by atoms with E-state index in [0.717, 1.165) is 11.4 Å². The molecule has 1 aromatic rings. The van der Waals surface area contributed by atoms with E-state index < -0.39 is 0 Å². The second-order valence-corrected chi connectivity index (χ2v) is 3.62. The number of hydrogen-bond acceptors (Lipinski definition) is 1. The fourth-order valence-electron chi connectivity index (χ4n) is 1.01. The Kier molecular flexibility index (Phi) is 2.88. The molecule has 1 atom stereocenters. The van der Waals surface area contributed by atoms with Gasteiger partial charge in [0, 0.05) is 11.4 Å². The van der Waals surface area contributed by atoms with Crippen molar-refractivity contribution in [2.24, 2.45) is 0 Å². The Morgan fingerprint density at radius 2 is 2.17 bits per heavy atom. The van der Waals surface area contributed by atoms with Crippen LogP contribution in [0.25, 0.3) is 0 Å². The van der Waals surface area contributed by atoms with E-state index in [4.69, 9.17) is 0 Å². The lowest BCUT2D eigenvalue weighted by molar-refractivity contribution is 1.39. The minimum absolute atomic E-state index is 0.962. The number of rotatable bonds is 2. The largest absolute Gasteiger partial charge is 0.359 e. The molecule has 2 heteroatoms. The topological polar surface area (TPSA) is 12.0 Å². The summed E-state index contributed by atoms with van der Waals surface area (Å²) in [7, 11) is 2.70. The quantitative estimate of drug-likeness (QED) is 0.687. The Morgan fingerprint density at radius 1 is 1.50 bits per heavy atom. The number of nitrogens with one attached hydrogen (secondary N) is 1. The van der Waals surface area contributed by atoms with E-state index in [-0.39, 0.29) is 0 Å². The smallest absolute Gasteiger partial charge is 0.0456 e. The Balaban J connectivity index is 2.97. The maximum atomic E-state index is 3.80. The van der Waals surface area contributed by atoms with Crippen LogP contribution in [0, 0.1) is 6.92 Å². The molecule has 1 rings (SSSR count). The molecule has 0 aliphatic rings. The molecule has 1 N–H and O–H groups in total. The molecule has 64 valence electrons. The minimum Gasteiger partial charge on any atom is -0.359 e. The van der Waals surface area contributed by atoms with Gasteiger partial charge >= 0.3 is 0 Å². The third kappa shape index (κ3) is 2.35. The van der Waals surface area contributed by atoms with Gasteiger partial charge in [-0.25, -0.2) is 0 Å². The van der Waals surface area contributed by atoms with E-state index in [1.807, 2.05) is 6.92 Å². The summed E-state index contributed by atoms with van der Waals surface area (Å²) in [5.74, 6) is 0. The predicted octanol–water partition coefficient (Wildman–Crippen LogP) is 2.44. The molecule has 12 heavy (non-hydrogen) atoms. The van der Waals surface area contributed by atoms with Gasteiger partial charge in [-0.15, -0.1) is 9.24 Å². The summed E-state index contributed by atoms with van der Waals surface area (Å²) in [6, 6.07) is 6.27. The molecule has 0 radical (unpaired) electrons. The number of hydrogen-bond donors (Lipinski definition) is 1. The summed E-state index contributed by atoms with van der Waals surface area (Å²) in [4.78, 5) is 0. The van der Waals surface area contributed by atoms with E-state index in [9.17, 15) is 0 Å². The van der Waals surface area contributed by atoms with Crippen molar-refractivity contribution in [1.29, 1.82) is 0 Å². The highest BCUT2D eigenvalue weighted by Crippen LogP contribution is 2.11.